The Morgan fingerprint density at radius 3 is 2.65 bits per heavy atom. The van der Waals surface area contributed by atoms with Crippen LogP contribution in [0.1, 0.15) is 13.8 Å². The summed E-state index contributed by atoms with van der Waals surface area (Å²) in [4.78, 5) is 0. The molecule has 1 aromatic heterocycles. The third-order valence-electron chi connectivity index (χ3n) is 2.24. The fourth-order valence-corrected chi connectivity index (χ4v) is 2.05. The molecule has 0 fully saturated rings. The minimum atomic E-state index is -1.00. The van der Waals surface area contributed by atoms with Gasteiger partial charge in [-0.2, -0.15) is 5.10 Å². The summed E-state index contributed by atoms with van der Waals surface area (Å²) in [5, 5.41) is 4.18. The molecule has 5 heteroatoms. The molecule has 0 radical (unpaired) electrons. The van der Waals surface area contributed by atoms with E-state index in [1.165, 1.54) is 6.04 Å². The number of aromatic nitrogens is 2. The van der Waals surface area contributed by atoms with E-state index in [1.54, 1.807) is 10.9 Å². The Kier molecular flexibility index (Phi) is 5.20. The summed E-state index contributed by atoms with van der Waals surface area (Å²) in [6.45, 7) is 12.3. The monoisotopic (exact) mass is 256 g/mol. The smallest absolute Gasteiger partial charge is 0.214 e. The van der Waals surface area contributed by atoms with E-state index in [2.05, 4.69) is 24.7 Å². The number of rotatable bonds is 7. The molecular weight excluding hydrogens is 232 g/mol. The fraction of sp³-hybridized carbons (Fsp3) is 0.750. The van der Waals surface area contributed by atoms with Gasteiger partial charge in [0.15, 0.2) is 0 Å². The number of nitrogens with zero attached hydrogens (tertiary/aromatic N) is 2. The second kappa shape index (κ2) is 6.21. The highest BCUT2D eigenvalue weighted by atomic mass is 28.3. The van der Waals surface area contributed by atoms with Gasteiger partial charge in [0, 0.05) is 20.7 Å². The molecule has 1 heterocycles. The minimum Gasteiger partial charge on any atom is -0.475 e. The first-order valence-corrected chi connectivity index (χ1v) is 9.85. The van der Waals surface area contributed by atoms with Crippen LogP contribution in [0, 0.1) is 0 Å². The maximum atomic E-state index is 5.63. The lowest BCUT2D eigenvalue weighted by Crippen LogP contribution is -2.22. The highest BCUT2D eigenvalue weighted by Crippen LogP contribution is 2.12. The van der Waals surface area contributed by atoms with Crippen molar-refractivity contribution in [1.29, 1.82) is 0 Å². The van der Waals surface area contributed by atoms with Gasteiger partial charge in [-0.15, -0.1) is 0 Å². The van der Waals surface area contributed by atoms with Gasteiger partial charge >= 0.3 is 0 Å². The van der Waals surface area contributed by atoms with Crippen LogP contribution in [0.3, 0.4) is 0 Å². The second-order valence-electron chi connectivity index (χ2n) is 5.68. The van der Waals surface area contributed by atoms with Gasteiger partial charge in [0.05, 0.1) is 12.3 Å². The molecule has 1 rings (SSSR count). The van der Waals surface area contributed by atoms with Crippen LogP contribution in [0.5, 0.6) is 5.88 Å². The van der Waals surface area contributed by atoms with Crippen LogP contribution in [0.2, 0.25) is 25.7 Å². The van der Waals surface area contributed by atoms with Crippen molar-refractivity contribution in [2.45, 2.75) is 52.4 Å². The standard InChI is InChI=1S/C12H24N2O2Si/c1-11(2)16-12-6-7-13-14(12)10-15-8-9-17(3,4)5/h6-7,11H,8-10H2,1-5H3. The summed E-state index contributed by atoms with van der Waals surface area (Å²) in [6, 6.07) is 3.04. The zero-order chi connectivity index (χ0) is 12.9. The van der Waals surface area contributed by atoms with Crippen LogP contribution in [0.4, 0.5) is 0 Å². The van der Waals surface area contributed by atoms with Crippen molar-refractivity contribution in [3.8, 4) is 5.88 Å². The summed E-state index contributed by atoms with van der Waals surface area (Å²) in [7, 11) is -1.00. The molecule has 0 aliphatic carbocycles. The van der Waals surface area contributed by atoms with Crippen LogP contribution < -0.4 is 4.74 Å². The first-order chi connectivity index (χ1) is 7.88. The van der Waals surface area contributed by atoms with Gasteiger partial charge in [0.2, 0.25) is 5.88 Å². The summed E-state index contributed by atoms with van der Waals surface area (Å²) >= 11 is 0. The zero-order valence-corrected chi connectivity index (χ0v) is 12.6. The van der Waals surface area contributed by atoms with Gasteiger partial charge in [-0.1, -0.05) is 19.6 Å². The highest BCUT2D eigenvalue weighted by Gasteiger charge is 2.12. The number of hydrogen-bond donors (Lipinski definition) is 0. The lowest BCUT2D eigenvalue weighted by atomic mass is 10.5. The molecule has 0 saturated heterocycles. The average Bonchev–Trinajstić information content (AvgIpc) is 2.58. The van der Waals surface area contributed by atoms with E-state index in [0.29, 0.717) is 6.73 Å². The first-order valence-electron chi connectivity index (χ1n) is 6.15. The van der Waals surface area contributed by atoms with Gasteiger partial charge < -0.3 is 9.47 Å². The molecule has 0 amide bonds. The van der Waals surface area contributed by atoms with Crippen molar-refractivity contribution in [1.82, 2.24) is 9.78 Å². The highest BCUT2D eigenvalue weighted by molar-refractivity contribution is 6.76. The summed E-state index contributed by atoms with van der Waals surface area (Å²) in [6.07, 6.45) is 1.90. The van der Waals surface area contributed by atoms with E-state index in [4.69, 9.17) is 9.47 Å². The van der Waals surface area contributed by atoms with Crippen molar-refractivity contribution in [2.75, 3.05) is 6.61 Å². The second-order valence-corrected chi connectivity index (χ2v) is 11.3. The van der Waals surface area contributed by atoms with Gasteiger partial charge in [-0.05, 0) is 19.9 Å². The van der Waals surface area contributed by atoms with Crippen molar-refractivity contribution in [3.05, 3.63) is 12.3 Å². The molecule has 0 aromatic carbocycles. The quantitative estimate of drug-likeness (QED) is 0.556. The largest absolute Gasteiger partial charge is 0.475 e. The van der Waals surface area contributed by atoms with Crippen LogP contribution in [-0.4, -0.2) is 30.6 Å². The number of hydrogen-bond acceptors (Lipinski definition) is 3. The maximum Gasteiger partial charge on any atom is 0.214 e. The Morgan fingerprint density at radius 2 is 2.06 bits per heavy atom. The van der Waals surface area contributed by atoms with E-state index in [0.717, 1.165) is 12.5 Å². The Morgan fingerprint density at radius 1 is 1.35 bits per heavy atom. The van der Waals surface area contributed by atoms with Gasteiger partial charge in [-0.25, -0.2) is 4.68 Å². The van der Waals surface area contributed by atoms with Crippen molar-refractivity contribution in [2.24, 2.45) is 0 Å². The molecule has 0 aliphatic rings. The minimum absolute atomic E-state index is 0.160. The molecule has 0 N–H and O–H groups in total. The normalized spacial score (nSPS) is 12.1. The fourth-order valence-electron chi connectivity index (χ4n) is 1.29. The summed E-state index contributed by atoms with van der Waals surface area (Å²) in [5.41, 5.74) is 0. The SMILES string of the molecule is CC(C)Oc1ccnn1COCC[Si](C)(C)C. The molecule has 1 aromatic rings. The predicted molar refractivity (Wildman–Crippen MR) is 72.1 cm³/mol. The number of ether oxygens (including phenoxy) is 2. The van der Waals surface area contributed by atoms with E-state index >= 15 is 0 Å². The van der Waals surface area contributed by atoms with E-state index in [1.807, 2.05) is 19.9 Å². The Bertz CT molecular complexity index is 331. The van der Waals surface area contributed by atoms with E-state index in [9.17, 15) is 0 Å². The molecule has 0 unspecified atom stereocenters. The van der Waals surface area contributed by atoms with E-state index < -0.39 is 8.07 Å². The molecule has 17 heavy (non-hydrogen) atoms. The molecule has 0 atom stereocenters. The van der Waals surface area contributed by atoms with Gasteiger partial charge in [-0.3, -0.25) is 0 Å². The topological polar surface area (TPSA) is 36.3 Å². The first kappa shape index (κ1) is 14.2. The molecule has 0 saturated carbocycles. The summed E-state index contributed by atoms with van der Waals surface area (Å²) in [5.74, 6) is 0.771. The maximum absolute atomic E-state index is 5.63. The average molecular weight is 256 g/mol. The molecule has 4 nitrogen and oxygen atoms in total. The Hall–Kier alpha value is -0.813. The lowest BCUT2D eigenvalue weighted by Gasteiger charge is -2.16. The molecule has 0 aliphatic heterocycles. The molecular formula is C12H24N2O2Si. The van der Waals surface area contributed by atoms with Crippen LogP contribution in [0.25, 0.3) is 0 Å². The molecule has 0 bridgehead atoms. The third kappa shape index (κ3) is 5.88. The predicted octanol–water partition coefficient (Wildman–Crippen LogP) is 2.98. The van der Waals surface area contributed by atoms with Crippen LogP contribution >= 0.6 is 0 Å². The lowest BCUT2D eigenvalue weighted by molar-refractivity contribution is 0.0671. The van der Waals surface area contributed by atoms with Crippen molar-refractivity contribution >= 4 is 8.07 Å². The van der Waals surface area contributed by atoms with Crippen LogP contribution in [-0.2, 0) is 11.5 Å². The molecule has 0 spiro atoms. The third-order valence-corrected chi connectivity index (χ3v) is 3.95. The van der Waals surface area contributed by atoms with E-state index in [-0.39, 0.29) is 6.10 Å². The van der Waals surface area contributed by atoms with Crippen LogP contribution in [0.15, 0.2) is 12.3 Å². The van der Waals surface area contributed by atoms with Gasteiger partial charge in [0.25, 0.3) is 0 Å². The zero-order valence-electron chi connectivity index (χ0n) is 11.6. The van der Waals surface area contributed by atoms with Gasteiger partial charge in [0.1, 0.15) is 6.73 Å². The summed E-state index contributed by atoms with van der Waals surface area (Å²) < 4.78 is 13.0. The molecule has 98 valence electrons. The Balaban J connectivity index is 2.34. The van der Waals surface area contributed by atoms with Crippen molar-refractivity contribution in [3.63, 3.8) is 0 Å². The van der Waals surface area contributed by atoms with Crippen molar-refractivity contribution < 1.29 is 9.47 Å². The Labute approximate surface area is 105 Å².